The van der Waals surface area contributed by atoms with E-state index in [1.165, 1.54) is 5.39 Å². The van der Waals surface area contributed by atoms with Crippen LogP contribution >= 0.6 is 15.9 Å². The number of aromatic nitrogens is 1. The van der Waals surface area contributed by atoms with E-state index in [2.05, 4.69) is 26.6 Å². The molecule has 0 saturated carbocycles. The highest BCUT2D eigenvalue weighted by molar-refractivity contribution is 9.10. The lowest BCUT2D eigenvalue weighted by atomic mass is 10.2. The molecule has 0 aliphatic rings. The molecule has 80 valence electrons. The van der Waals surface area contributed by atoms with Gasteiger partial charge in [-0.3, -0.25) is 0 Å². The van der Waals surface area contributed by atoms with Crippen LogP contribution < -0.4 is 10.5 Å². The van der Waals surface area contributed by atoms with E-state index in [9.17, 15) is 0 Å². The van der Waals surface area contributed by atoms with Crippen LogP contribution in [-0.4, -0.2) is 18.2 Å². The summed E-state index contributed by atoms with van der Waals surface area (Å²) in [7, 11) is 1.67. The number of methoxy groups -OCH3 is 1. The molecule has 2 N–H and O–H groups in total. The number of ether oxygens (including phenoxy) is 1. The zero-order valence-electron chi connectivity index (χ0n) is 8.53. The van der Waals surface area contributed by atoms with Crippen molar-refractivity contribution in [1.82, 2.24) is 4.57 Å². The fourth-order valence-corrected chi connectivity index (χ4v) is 2.30. The van der Waals surface area contributed by atoms with Crippen LogP contribution in [0.5, 0.6) is 5.75 Å². The number of benzene rings is 1. The van der Waals surface area contributed by atoms with Gasteiger partial charge in [0.05, 0.1) is 17.2 Å². The lowest BCUT2D eigenvalue weighted by molar-refractivity contribution is 0.415. The van der Waals surface area contributed by atoms with Gasteiger partial charge in [0.15, 0.2) is 0 Å². The number of nitrogens with zero attached hydrogens (tertiary/aromatic N) is 1. The summed E-state index contributed by atoms with van der Waals surface area (Å²) in [6, 6.07) is 8.12. The number of halogens is 1. The minimum atomic E-state index is 0.625. The molecule has 0 unspecified atom stereocenters. The Kier molecular flexibility index (Phi) is 2.98. The van der Waals surface area contributed by atoms with Gasteiger partial charge in [-0.05, 0) is 34.1 Å². The highest BCUT2D eigenvalue weighted by Crippen LogP contribution is 2.27. The predicted octanol–water partition coefficient (Wildman–Crippen LogP) is 2.37. The van der Waals surface area contributed by atoms with Crippen molar-refractivity contribution in [3.8, 4) is 5.75 Å². The summed E-state index contributed by atoms with van der Waals surface area (Å²) in [5.74, 6) is 0.867. The standard InChI is InChI=1S/C11H13BrN2O/c1-15-9-3-2-8-6-11(12)14(5-4-13)10(8)7-9/h2-3,6-7H,4-5,13H2,1H3. The molecule has 15 heavy (non-hydrogen) atoms. The van der Waals surface area contributed by atoms with Crippen LogP contribution in [0.4, 0.5) is 0 Å². The molecule has 0 spiro atoms. The molecule has 0 amide bonds. The minimum Gasteiger partial charge on any atom is -0.497 e. The van der Waals surface area contributed by atoms with Crippen molar-refractivity contribution in [1.29, 1.82) is 0 Å². The Labute approximate surface area is 96.9 Å². The van der Waals surface area contributed by atoms with Crippen molar-refractivity contribution in [2.24, 2.45) is 5.73 Å². The van der Waals surface area contributed by atoms with Crippen molar-refractivity contribution in [2.45, 2.75) is 6.54 Å². The largest absolute Gasteiger partial charge is 0.497 e. The molecule has 0 fully saturated rings. The Morgan fingerprint density at radius 1 is 1.40 bits per heavy atom. The Morgan fingerprint density at radius 3 is 2.87 bits per heavy atom. The van der Waals surface area contributed by atoms with E-state index in [1.54, 1.807) is 7.11 Å². The highest BCUT2D eigenvalue weighted by atomic mass is 79.9. The maximum atomic E-state index is 5.58. The summed E-state index contributed by atoms with van der Waals surface area (Å²) in [5.41, 5.74) is 6.72. The Balaban J connectivity index is 2.61. The van der Waals surface area contributed by atoms with Crippen LogP contribution in [0, 0.1) is 0 Å². The van der Waals surface area contributed by atoms with Gasteiger partial charge in [-0.15, -0.1) is 0 Å². The van der Waals surface area contributed by atoms with Crippen LogP contribution in [0.15, 0.2) is 28.9 Å². The van der Waals surface area contributed by atoms with Crippen molar-refractivity contribution < 1.29 is 4.74 Å². The van der Waals surface area contributed by atoms with Gasteiger partial charge in [-0.2, -0.15) is 0 Å². The van der Waals surface area contributed by atoms with Crippen molar-refractivity contribution >= 4 is 26.8 Å². The topological polar surface area (TPSA) is 40.2 Å². The Bertz CT molecular complexity index is 479. The normalized spacial score (nSPS) is 10.9. The van der Waals surface area contributed by atoms with Crippen LogP contribution in [0.1, 0.15) is 0 Å². The first kappa shape index (κ1) is 10.5. The number of nitrogens with two attached hydrogens (primary N) is 1. The van der Waals surface area contributed by atoms with Crippen molar-refractivity contribution in [3.05, 3.63) is 28.9 Å². The van der Waals surface area contributed by atoms with Crippen LogP contribution in [0.3, 0.4) is 0 Å². The van der Waals surface area contributed by atoms with Crippen LogP contribution in [-0.2, 0) is 6.54 Å². The third kappa shape index (κ3) is 1.87. The van der Waals surface area contributed by atoms with Gasteiger partial charge < -0.3 is 15.0 Å². The molecular formula is C11H13BrN2O. The summed E-state index contributed by atoms with van der Waals surface area (Å²) in [6.07, 6.45) is 0. The quantitative estimate of drug-likeness (QED) is 0.929. The van der Waals surface area contributed by atoms with E-state index in [4.69, 9.17) is 10.5 Å². The van der Waals surface area contributed by atoms with E-state index in [0.29, 0.717) is 6.54 Å². The van der Waals surface area contributed by atoms with Crippen molar-refractivity contribution in [3.63, 3.8) is 0 Å². The summed E-state index contributed by atoms with van der Waals surface area (Å²) in [6.45, 7) is 1.43. The summed E-state index contributed by atoms with van der Waals surface area (Å²) in [5, 5.41) is 1.19. The molecule has 1 aromatic carbocycles. The van der Waals surface area contributed by atoms with E-state index < -0.39 is 0 Å². The highest BCUT2D eigenvalue weighted by Gasteiger charge is 2.06. The molecule has 4 heteroatoms. The van der Waals surface area contributed by atoms with Gasteiger partial charge in [0.1, 0.15) is 5.75 Å². The molecule has 1 aromatic heterocycles. The van der Waals surface area contributed by atoms with Gasteiger partial charge in [-0.1, -0.05) is 0 Å². The molecule has 2 aromatic rings. The van der Waals surface area contributed by atoms with Crippen LogP contribution in [0.25, 0.3) is 10.9 Å². The predicted molar refractivity (Wildman–Crippen MR) is 65.2 cm³/mol. The molecule has 0 bridgehead atoms. The van der Waals surface area contributed by atoms with Gasteiger partial charge in [0, 0.05) is 24.5 Å². The molecule has 3 nitrogen and oxygen atoms in total. The second-order valence-corrected chi connectivity index (χ2v) is 4.14. The summed E-state index contributed by atoms with van der Waals surface area (Å²) < 4.78 is 8.39. The first-order valence-electron chi connectivity index (χ1n) is 4.79. The molecule has 0 radical (unpaired) electrons. The summed E-state index contributed by atoms with van der Waals surface area (Å²) >= 11 is 3.52. The average molecular weight is 269 g/mol. The van der Waals surface area contributed by atoms with E-state index in [0.717, 1.165) is 22.4 Å². The van der Waals surface area contributed by atoms with E-state index >= 15 is 0 Å². The SMILES string of the molecule is COc1ccc2cc(Br)n(CCN)c2c1. The van der Waals surface area contributed by atoms with E-state index in [-0.39, 0.29) is 0 Å². The second kappa shape index (κ2) is 4.24. The van der Waals surface area contributed by atoms with Gasteiger partial charge in [0.2, 0.25) is 0 Å². The lowest BCUT2D eigenvalue weighted by Crippen LogP contribution is -2.09. The molecule has 2 rings (SSSR count). The van der Waals surface area contributed by atoms with Crippen molar-refractivity contribution in [2.75, 3.05) is 13.7 Å². The minimum absolute atomic E-state index is 0.625. The third-order valence-corrected chi connectivity index (χ3v) is 3.07. The molecule has 0 atom stereocenters. The fourth-order valence-electron chi connectivity index (χ4n) is 1.68. The van der Waals surface area contributed by atoms with Gasteiger partial charge in [-0.25, -0.2) is 0 Å². The van der Waals surface area contributed by atoms with Gasteiger partial charge in [0.25, 0.3) is 0 Å². The summed E-state index contributed by atoms with van der Waals surface area (Å²) in [4.78, 5) is 0. The monoisotopic (exact) mass is 268 g/mol. The first-order chi connectivity index (χ1) is 7.26. The van der Waals surface area contributed by atoms with Gasteiger partial charge >= 0.3 is 0 Å². The molecular weight excluding hydrogens is 256 g/mol. The Morgan fingerprint density at radius 2 is 2.20 bits per heavy atom. The number of hydrogen-bond donors (Lipinski definition) is 1. The second-order valence-electron chi connectivity index (χ2n) is 3.33. The molecule has 0 aliphatic carbocycles. The fraction of sp³-hybridized carbons (Fsp3) is 0.273. The molecule has 0 saturated heterocycles. The molecule has 1 heterocycles. The zero-order valence-corrected chi connectivity index (χ0v) is 10.1. The number of hydrogen-bond acceptors (Lipinski definition) is 2. The maximum absolute atomic E-state index is 5.58. The number of rotatable bonds is 3. The van der Waals surface area contributed by atoms with Crippen LogP contribution in [0.2, 0.25) is 0 Å². The number of fused-ring (bicyclic) bond motifs is 1. The Hall–Kier alpha value is -1.00. The lowest BCUT2D eigenvalue weighted by Gasteiger charge is -2.06. The molecule has 0 aliphatic heterocycles. The van der Waals surface area contributed by atoms with E-state index in [1.807, 2.05) is 18.2 Å². The zero-order chi connectivity index (χ0) is 10.8. The smallest absolute Gasteiger partial charge is 0.120 e. The average Bonchev–Trinajstić information content (AvgIpc) is 2.55. The maximum Gasteiger partial charge on any atom is 0.120 e. The third-order valence-electron chi connectivity index (χ3n) is 2.41. The first-order valence-corrected chi connectivity index (χ1v) is 5.58.